The summed E-state index contributed by atoms with van der Waals surface area (Å²) in [6.45, 7) is 2.30. The zero-order valence-electron chi connectivity index (χ0n) is 15.6. The van der Waals surface area contributed by atoms with Gasteiger partial charge >= 0.3 is 0 Å². The number of nitrogens with one attached hydrogen (secondary N) is 1. The highest BCUT2D eigenvalue weighted by Crippen LogP contribution is 2.30. The Balaban J connectivity index is 1.56. The highest BCUT2D eigenvalue weighted by atomic mass is 32.2. The number of nitrogens with zero attached hydrogens (tertiary/aromatic N) is 3. The molecule has 9 heteroatoms. The van der Waals surface area contributed by atoms with Crippen LogP contribution in [0, 0.1) is 0 Å². The number of Topliss-reactive ketones (excluding diaryl/α,β-unsaturated/α-hetero) is 1. The van der Waals surface area contributed by atoms with Crippen LogP contribution in [0.25, 0.3) is 0 Å². The molecule has 0 aromatic heterocycles. The van der Waals surface area contributed by atoms with Crippen molar-refractivity contribution in [3.63, 3.8) is 0 Å². The van der Waals surface area contributed by atoms with Crippen molar-refractivity contribution in [2.45, 2.75) is 50.4 Å². The number of allylic oxidation sites excluding steroid dienone is 2. The third-order valence-electron chi connectivity index (χ3n) is 5.65. The molecule has 0 saturated carbocycles. The molecule has 148 valence electrons. The van der Waals surface area contributed by atoms with E-state index in [9.17, 15) is 19.2 Å². The molecule has 0 aromatic rings. The first-order valence-electron chi connectivity index (χ1n) is 9.42. The first-order chi connectivity index (χ1) is 13.4. The van der Waals surface area contributed by atoms with E-state index in [-0.39, 0.29) is 34.9 Å². The number of rotatable bonds is 3. The lowest BCUT2D eigenvalue weighted by Gasteiger charge is -2.44. The summed E-state index contributed by atoms with van der Waals surface area (Å²) >= 11 is 1.04. The minimum atomic E-state index is -1.11. The van der Waals surface area contributed by atoms with Gasteiger partial charge in [0.05, 0.1) is 18.3 Å². The average molecular weight is 402 g/mol. The Bertz CT molecular complexity index is 820. The Morgan fingerprint density at radius 2 is 2.11 bits per heavy atom. The largest absolute Gasteiger partial charge is 0.338 e. The molecule has 1 N–H and O–H groups in total. The maximum Gasteiger partial charge on any atom is 0.250 e. The summed E-state index contributed by atoms with van der Waals surface area (Å²) in [5.74, 6) is -0.127. The molecular weight excluding hydrogens is 380 g/mol. The van der Waals surface area contributed by atoms with Crippen molar-refractivity contribution in [2.75, 3.05) is 12.3 Å². The SMILES string of the molecule is CC1(C(=O)NC2CCCCN2C2C(=O)CSC2=O)CC(=O)N=C2C=CC=CN21. The van der Waals surface area contributed by atoms with E-state index in [1.165, 1.54) is 0 Å². The molecule has 0 bridgehead atoms. The zero-order valence-corrected chi connectivity index (χ0v) is 16.4. The van der Waals surface area contributed by atoms with Gasteiger partial charge in [-0.25, -0.2) is 0 Å². The maximum absolute atomic E-state index is 13.3. The molecule has 0 spiro atoms. The van der Waals surface area contributed by atoms with E-state index >= 15 is 0 Å². The monoisotopic (exact) mass is 402 g/mol. The number of aliphatic imine (C=N–C) groups is 1. The lowest BCUT2D eigenvalue weighted by molar-refractivity contribution is -0.139. The molecule has 8 nitrogen and oxygen atoms in total. The molecule has 3 atom stereocenters. The van der Waals surface area contributed by atoms with Crippen LogP contribution in [0.5, 0.6) is 0 Å². The predicted octanol–water partition coefficient (Wildman–Crippen LogP) is 0.599. The van der Waals surface area contributed by atoms with Crippen molar-refractivity contribution in [2.24, 2.45) is 4.99 Å². The van der Waals surface area contributed by atoms with E-state index in [0.29, 0.717) is 18.8 Å². The Morgan fingerprint density at radius 1 is 1.29 bits per heavy atom. The third kappa shape index (κ3) is 3.22. The Morgan fingerprint density at radius 3 is 2.86 bits per heavy atom. The first-order valence-corrected chi connectivity index (χ1v) is 10.4. The molecular formula is C19H22N4O4S. The van der Waals surface area contributed by atoms with E-state index in [0.717, 1.165) is 24.6 Å². The number of hydrogen-bond acceptors (Lipinski definition) is 7. The van der Waals surface area contributed by atoms with Crippen molar-refractivity contribution >= 4 is 40.3 Å². The van der Waals surface area contributed by atoms with Crippen molar-refractivity contribution < 1.29 is 19.2 Å². The summed E-state index contributed by atoms with van der Waals surface area (Å²) in [7, 11) is 0. The number of fused-ring (bicyclic) bond motifs is 1. The second-order valence-electron chi connectivity index (χ2n) is 7.58. The van der Waals surface area contributed by atoms with Crippen LogP contribution in [-0.2, 0) is 19.2 Å². The zero-order chi connectivity index (χ0) is 19.9. The maximum atomic E-state index is 13.3. The van der Waals surface area contributed by atoms with E-state index in [2.05, 4.69) is 10.3 Å². The molecule has 2 saturated heterocycles. The highest BCUT2D eigenvalue weighted by Gasteiger charge is 2.48. The summed E-state index contributed by atoms with van der Waals surface area (Å²) in [6.07, 6.45) is 8.99. The number of ketones is 1. The summed E-state index contributed by atoms with van der Waals surface area (Å²) in [5, 5.41) is 2.87. The van der Waals surface area contributed by atoms with Gasteiger partial charge in [0, 0.05) is 12.7 Å². The quantitative estimate of drug-likeness (QED) is 0.690. The summed E-state index contributed by atoms with van der Waals surface area (Å²) < 4.78 is 0. The molecule has 3 unspecified atom stereocenters. The second kappa shape index (κ2) is 7.29. The van der Waals surface area contributed by atoms with Gasteiger partial charge in [0.15, 0.2) is 5.78 Å². The molecule has 28 heavy (non-hydrogen) atoms. The number of amides is 2. The number of amidine groups is 1. The van der Waals surface area contributed by atoms with Crippen LogP contribution in [0.2, 0.25) is 0 Å². The second-order valence-corrected chi connectivity index (χ2v) is 8.56. The van der Waals surface area contributed by atoms with E-state index in [1.807, 2.05) is 4.90 Å². The van der Waals surface area contributed by atoms with Crippen LogP contribution in [0.1, 0.15) is 32.6 Å². The average Bonchev–Trinajstić information content (AvgIpc) is 3.00. The van der Waals surface area contributed by atoms with Gasteiger partial charge < -0.3 is 10.2 Å². The molecule has 0 aliphatic carbocycles. The van der Waals surface area contributed by atoms with Gasteiger partial charge in [-0.05, 0) is 38.3 Å². The molecule has 0 aromatic carbocycles. The molecule has 4 heterocycles. The molecule has 4 aliphatic heterocycles. The van der Waals surface area contributed by atoms with Crippen molar-refractivity contribution in [1.29, 1.82) is 0 Å². The molecule has 4 aliphatic rings. The van der Waals surface area contributed by atoms with Gasteiger partial charge in [-0.3, -0.25) is 24.1 Å². The number of hydrogen-bond donors (Lipinski definition) is 1. The van der Waals surface area contributed by atoms with Crippen LogP contribution in [-0.4, -0.2) is 68.4 Å². The van der Waals surface area contributed by atoms with E-state index in [1.54, 1.807) is 36.3 Å². The molecule has 4 rings (SSSR count). The Kier molecular flexibility index (Phi) is 4.96. The van der Waals surface area contributed by atoms with Crippen LogP contribution >= 0.6 is 11.8 Å². The van der Waals surface area contributed by atoms with Crippen molar-refractivity contribution in [3.8, 4) is 0 Å². The Hall–Kier alpha value is -2.26. The molecule has 2 amide bonds. The molecule has 2 fully saturated rings. The lowest BCUT2D eigenvalue weighted by atomic mass is 9.90. The summed E-state index contributed by atoms with van der Waals surface area (Å²) in [6, 6.07) is -0.786. The van der Waals surface area contributed by atoms with Crippen LogP contribution < -0.4 is 5.32 Å². The Labute approximate surface area is 167 Å². The van der Waals surface area contributed by atoms with Crippen LogP contribution in [0.4, 0.5) is 0 Å². The van der Waals surface area contributed by atoms with Crippen LogP contribution in [0.15, 0.2) is 29.4 Å². The van der Waals surface area contributed by atoms with Gasteiger partial charge in [-0.1, -0.05) is 17.8 Å². The normalized spacial score (nSPS) is 33.1. The van der Waals surface area contributed by atoms with E-state index in [4.69, 9.17) is 0 Å². The fourth-order valence-corrected chi connectivity index (χ4v) is 5.02. The van der Waals surface area contributed by atoms with Gasteiger partial charge in [-0.15, -0.1) is 0 Å². The topological polar surface area (TPSA) is 99.2 Å². The number of carbonyl (C=O) groups is 4. The van der Waals surface area contributed by atoms with Gasteiger partial charge in [0.1, 0.15) is 17.4 Å². The fourth-order valence-electron chi connectivity index (χ4n) is 4.16. The van der Waals surface area contributed by atoms with E-state index < -0.39 is 17.7 Å². The standard InChI is InChI=1S/C19H22N4O4S/c1-19(10-15(25)20-14-7-3-5-9-23(14)19)18(27)21-13-6-2-4-8-22(13)16-12(24)11-28-17(16)26/h3,5,7,9,13,16H,2,4,6,8,10-11H2,1H3,(H,21,27). The highest BCUT2D eigenvalue weighted by molar-refractivity contribution is 8.15. The minimum Gasteiger partial charge on any atom is -0.338 e. The number of thioether (sulfide) groups is 1. The van der Waals surface area contributed by atoms with Gasteiger partial charge in [-0.2, -0.15) is 4.99 Å². The third-order valence-corrected chi connectivity index (χ3v) is 6.59. The molecule has 0 radical (unpaired) electrons. The fraction of sp³-hybridized carbons (Fsp3) is 0.526. The number of piperidine rings is 1. The summed E-state index contributed by atoms with van der Waals surface area (Å²) in [5.41, 5.74) is -1.11. The summed E-state index contributed by atoms with van der Waals surface area (Å²) in [4.78, 5) is 57.4. The number of carbonyl (C=O) groups excluding carboxylic acids is 4. The van der Waals surface area contributed by atoms with Crippen molar-refractivity contribution in [3.05, 3.63) is 24.4 Å². The van der Waals surface area contributed by atoms with Gasteiger partial charge in [0.25, 0.3) is 5.91 Å². The van der Waals surface area contributed by atoms with Crippen LogP contribution in [0.3, 0.4) is 0 Å². The predicted molar refractivity (Wildman–Crippen MR) is 104 cm³/mol. The first kappa shape index (κ1) is 19.1. The van der Waals surface area contributed by atoms with Gasteiger partial charge in [0.2, 0.25) is 11.0 Å². The number of likely N-dealkylation sites (tertiary alicyclic amines) is 1. The lowest BCUT2D eigenvalue weighted by Crippen LogP contribution is -2.65. The smallest absolute Gasteiger partial charge is 0.250 e. The van der Waals surface area contributed by atoms with Crippen molar-refractivity contribution in [1.82, 2.24) is 15.1 Å². The minimum absolute atomic E-state index is 0.0373.